The number of amides is 2. The monoisotopic (exact) mass is 859 g/mol. The molecule has 1 fully saturated rings. The van der Waals surface area contributed by atoms with Gasteiger partial charge in [-0.15, -0.1) is 11.3 Å². The molecule has 1 aromatic heterocycles. The first-order valence-corrected chi connectivity index (χ1v) is 20.7. The number of carbonyl (C=O) groups excluding carboxylic acids is 3. The molecular weight excluding hydrogens is 824 g/mol. The zero-order valence-corrected chi connectivity index (χ0v) is 33.3. The van der Waals surface area contributed by atoms with Crippen molar-refractivity contribution >= 4 is 50.1 Å². The lowest BCUT2D eigenvalue weighted by atomic mass is 9.78. The molecule has 2 aliphatic rings. The fraction of sp³-hybridized carbons (Fsp3) is 0.214. The maximum absolute atomic E-state index is 13.9. The molecule has 0 saturated carbocycles. The second-order valence-electron chi connectivity index (χ2n) is 13.7. The highest BCUT2D eigenvalue weighted by molar-refractivity contribution is 7.87. The fourth-order valence-electron chi connectivity index (χ4n) is 7.11. The van der Waals surface area contributed by atoms with Crippen molar-refractivity contribution in [1.29, 1.82) is 0 Å². The average molecular weight is 860 g/mol. The van der Waals surface area contributed by atoms with E-state index in [4.69, 9.17) is 14.6 Å². The van der Waals surface area contributed by atoms with E-state index in [-0.39, 0.29) is 24.4 Å². The molecule has 0 radical (unpaired) electrons. The molecule has 7 rings (SSSR count). The van der Waals surface area contributed by atoms with Gasteiger partial charge in [0.1, 0.15) is 25.5 Å². The van der Waals surface area contributed by atoms with Crippen molar-refractivity contribution in [2.45, 2.75) is 49.0 Å². The molecule has 0 bridgehead atoms. The normalized spacial score (nSPS) is 17.0. The number of alkyl halides is 3. The number of halogens is 3. The van der Waals surface area contributed by atoms with Gasteiger partial charge in [-0.1, -0.05) is 126 Å². The first kappa shape index (κ1) is 41.6. The quantitative estimate of drug-likeness (QED) is 0.0301. The highest BCUT2D eigenvalue weighted by Gasteiger charge is 2.56. The molecule has 13 nitrogen and oxygen atoms in total. The molecule has 4 aromatic carbocycles. The van der Waals surface area contributed by atoms with Gasteiger partial charge in [0.15, 0.2) is 22.3 Å². The number of thiazole rings is 1. The first-order chi connectivity index (χ1) is 28.8. The third-order valence-electron chi connectivity index (χ3n) is 9.89. The number of fused-ring (bicyclic) bond motifs is 1. The minimum absolute atomic E-state index is 0.0991. The molecule has 0 unspecified atom stereocenters. The van der Waals surface area contributed by atoms with E-state index in [1.807, 2.05) is 91.0 Å². The summed E-state index contributed by atoms with van der Waals surface area (Å²) < 4.78 is 73.8. The van der Waals surface area contributed by atoms with Crippen LogP contribution in [0, 0.1) is 0 Å². The minimum Gasteiger partial charge on any atom is -0.456 e. The summed E-state index contributed by atoms with van der Waals surface area (Å²) in [5, 5.41) is 12.2. The van der Waals surface area contributed by atoms with E-state index in [1.54, 1.807) is 35.7 Å². The van der Waals surface area contributed by atoms with E-state index in [9.17, 15) is 36.0 Å². The summed E-state index contributed by atoms with van der Waals surface area (Å²) in [5.41, 5.74) is -4.22. The number of aromatic nitrogens is 1. The first-order valence-electron chi connectivity index (χ1n) is 18.4. The molecule has 2 amide bonds. The summed E-state index contributed by atoms with van der Waals surface area (Å²) in [7, 11) is -4.99. The van der Waals surface area contributed by atoms with Crippen molar-refractivity contribution < 1.29 is 49.7 Å². The summed E-state index contributed by atoms with van der Waals surface area (Å²) in [5.74, 6) is -4.03. The van der Waals surface area contributed by atoms with Crippen LogP contribution in [-0.2, 0) is 56.8 Å². The largest absolute Gasteiger partial charge is 0.534 e. The van der Waals surface area contributed by atoms with Gasteiger partial charge >= 0.3 is 21.6 Å². The summed E-state index contributed by atoms with van der Waals surface area (Å²) >= 11 is 1.20. The van der Waals surface area contributed by atoms with Crippen LogP contribution in [0.15, 0.2) is 143 Å². The molecule has 0 spiro atoms. The Morgan fingerprint density at radius 3 is 2.02 bits per heavy atom. The number of rotatable bonds is 15. The van der Waals surface area contributed by atoms with E-state index in [1.165, 1.54) is 18.4 Å². The third-order valence-corrected chi connectivity index (χ3v) is 11.6. The van der Waals surface area contributed by atoms with Crippen molar-refractivity contribution in [2.75, 3.05) is 12.4 Å². The molecule has 0 aliphatic carbocycles. The van der Waals surface area contributed by atoms with Crippen molar-refractivity contribution in [2.24, 2.45) is 5.16 Å². The van der Waals surface area contributed by atoms with Gasteiger partial charge in [0.2, 0.25) is 0 Å². The van der Waals surface area contributed by atoms with E-state index in [2.05, 4.69) is 20.0 Å². The van der Waals surface area contributed by atoms with Gasteiger partial charge in [0.05, 0.1) is 11.6 Å². The molecule has 2 aliphatic heterocycles. The Bertz CT molecular complexity index is 2480. The van der Waals surface area contributed by atoms with Crippen molar-refractivity contribution in [3.05, 3.63) is 166 Å². The predicted octanol–water partition coefficient (Wildman–Crippen LogP) is 6.40. The third kappa shape index (κ3) is 8.60. The highest BCUT2D eigenvalue weighted by Crippen LogP contribution is 2.41. The second-order valence-corrected chi connectivity index (χ2v) is 16.1. The van der Waals surface area contributed by atoms with Gasteiger partial charge in [0.25, 0.3) is 11.8 Å². The lowest BCUT2D eigenvalue weighted by Crippen LogP contribution is -2.72. The van der Waals surface area contributed by atoms with E-state index >= 15 is 0 Å². The Labute approximate surface area is 346 Å². The summed E-state index contributed by atoms with van der Waals surface area (Å²) in [4.78, 5) is 51.5. The Balaban J connectivity index is 1.14. The Kier molecular flexibility index (Phi) is 12.0. The van der Waals surface area contributed by atoms with Crippen LogP contribution in [0.5, 0.6) is 0 Å². The molecule has 1 saturated heterocycles. The number of β-lactam (4-membered cyclic amide) rings is 1. The Morgan fingerprint density at radius 1 is 0.883 bits per heavy atom. The van der Waals surface area contributed by atoms with E-state index in [0.717, 1.165) is 21.6 Å². The number of nitrogens with zero attached hydrogens (tertiary/aromatic N) is 3. The maximum atomic E-state index is 13.9. The van der Waals surface area contributed by atoms with Gasteiger partial charge in [0, 0.05) is 18.2 Å². The zero-order valence-electron chi connectivity index (χ0n) is 31.7. The van der Waals surface area contributed by atoms with Gasteiger partial charge in [-0.3, -0.25) is 14.5 Å². The Morgan fingerprint density at radius 2 is 1.45 bits per heavy atom. The van der Waals surface area contributed by atoms with E-state index in [0.29, 0.717) is 17.1 Å². The van der Waals surface area contributed by atoms with Crippen molar-refractivity contribution in [3.8, 4) is 0 Å². The van der Waals surface area contributed by atoms with Gasteiger partial charge < -0.3 is 24.4 Å². The number of ether oxygens (including phenoxy) is 1. The minimum atomic E-state index is -6.22. The molecule has 2 N–H and O–H groups in total. The SMILES string of the molecule is CO/N=C(/C(=O)N[C@@H]1C(=O)N2C(C(=O)OCc3ccccc3)=C(OS(=O)(=O)C(F)(F)F)CC[C@H]12)c1csc(NC(Cc2ccccc2)(c2ccccc2)c2ccccc2)n1. The number of oxime groups is 1. The maximum Gasteiger partial charge on any atom is 0.534 e. The number of allylic oxidation sites excluding steroid dienone is 1. The standard InChI is InChI=1S/C42H36F3N5O8S2/c1-56-49-34(31-26-59-40(46-31)48-41(29-18-10-4-11-19-29,30-20-12-5-13-21-30)24-27-14-6-2-7-15-27)37(51)47-35-32-22-23-33(58-60(54,55)42(43,44)45)36(50(32)38(35)52)39(53)57-25-28-16-8-3-9-17-28/h2-21,26,32,35H,22-25H2,1H3,(H,46,48)(H,47,51)/b49-34+/t32-,35+/m1/s1. The molecule has 3 heterocycles. The van der Waals surface area contributed by atoms with Gasteiger partial charge in [-0.05, 0) is 28.7 Å². The van der Waals surface area contributed by atoms with Crippen LogP contribution in [0.25, 0.3) is 0 Å². The summed E-state index contributed by atoms with van der Waals surface area (Å²) in [6, 6.07) is 35.6. The van der Waals surface area contributed by atoms with Crippen LogP contribution in [0.1, 0.15) is 40.8 Å². The molecule has 18 heteroatoms. The smallest absolute Gasteiger partial charge is 0.456 e. The summed E-state index contributed by atoms with van der Waals surface area (Å²) in [6.45, 7) is -0.346. The molecule has 5 aromatic rings. The van der Waals surface area contributed by atoms with Crippen LogP contribution in [0.2, 0.25) is 0 Å². The topological polar surface area (TPSA) is 166 Å². The van der Waals surface area contributed by atoms with Crippen molar-refractivity contribution in [3.63, 3.8) is 0 Å². The number of nitrogens with one attached hydrogen (secondary N) is 2. The van der Waals surface area contributed by atoms with E-state index < -0.39 is 68.9 Å². The average Bonchev–Trinajstić information content (AvgIpc) is 3.71. The summed E-state index contributed by atoms with van der Waals surface area (Å²) in [6.07, 6.45) is -0.179. The number of benzene rings is 4. The number of carbonyl (C=O) groups is 3. The van der Waals surface area contributed by atoms with Gasteiger partial charge in [-0.25, -0.2) is 9.78 Å². The predicted molar refractivity (Wildman–Crippen MR) is 214 cm³/mol. The van der Waals surface area contributed by atoms with Crippen LogP contribution >= 0.6 is 11.3 Å². The van der Waals surface area contributed by atoms with Crippen LogP contribution in [0.4, 0.5) is 18.3 Å². The zero-order chi connectivity index (χ0) is 42.5. The number of esters is 1. The van der Waals surface area contributed by atoms with Crippen LogP contribution < -0.4 is 10.6 Å². The number of hydrogen-bond donors (Lipinski definition) is 2. The van der Waals surface area contributed by atoms with Crippen molar-refractivity contribution in [1.82, 2.24) is 15.2 Å². The highest BCUT2D eigenvalue weighted by atomic mass is 32.2. The fourth-order valence-corrected chi connectivity index (χ4v) is 8.40. The van der Waals surface area contributed by atoms with Gasteiger partial charge in [-0.2, -0.15) is 21.6 Å². The lowest BCUT2D eigenvalue weighted by Gasteiger charge is -2.49. The molecule has 60 heavy (non-hydrogen) atoms. The second kappa shape index (κ2) is 17.4. The van der Waals surface area contributed by atoms with Crippen LogP contribution in [0.3, 0.4) is 0 Å². The lowest BCUT2D eigenvalue weighted by molar-refractivity contribution is -0.158. The number of anilines is 1. The Hall–Kier alpha value is -6.53. The molecule has 2 atom stereocenters. The van der Waals surface area contributed by atoms with Crippen LogP contribution in [-0.4, -0.2) is 66.5 Å². The molecule has 310 valence electrons. The molecular formula is C42H36F3N5O8S2. The number of hydrogen-bond acceptors (Lipinski definition) is 12.